The lowest BCUT2D eigenvalue weighted by Crippen LogP contribution is -2.18. The third-order valence-corrected chi connectivity index (χ3v) is 3.28. The minimum absolute atomic E-state index is 0.204. The quantitative estimate of drug-likeness (QED) is 0.687. The molecule has 1 aromatic rings. The Labute approximate surface area is 83.9 Å². The Kier molecular flexibility index (Phi) is 1.44. The fourth-order valence-corrected chi connectivity index (χ4v) is 2.68. The molecule has 0 aromatic carbocycles. The largest absolute Gasteiger partial charge is 0.375 e. The Hall–Kier alpha value is -0.390. The van der Waals surface area contributed by atoms with Crippen LogP contribution in [0.15, 0.2) is 10.7 Å². The molecule has 13 heavy (non-hydrogen) atoms. The first-order valence-corrected chi connectivity index (χ1v) is 4.97. The molecule has 3 heterocycles. The van der Waals surface area contributed by atoms with Crippen molar-refractivity contribution in [1.29, 1.82) is 0 Å². The molecule has 0 bridgehead atoms. The average Bonchev–Trinajstić information content (AvgIpc) is 2.48. The van der Waals surface area contributed by atoms with E-state index in [0.29, 0.717) is 13.2 Å². The molecule has 2 aliphatic heterocycles. The zero-order valence-electron chi connectivity index (χ0n) is 7.16. The summed E-state index contributed by atoms with van der Waals surface area (Å²) in [5, 5.41) is 4.17. The fourth-order valence-electron chi connectivity index (χ4n) is 2.00. The third kappa shape index (κ3) is 0.895. The Morgan fingerprint density at radius 2 is 2.62 bits per heavy atom. The van der Waals surface area contributed by atoms with Crippen molar-refractivity contribution in [3.63, 3.8) is 0 Å². The van der Waals surface area contributed by atoms with Gasteiger partial charge in [0.2, 0.25) is 0 Å². The molecular formula is C8H9BrN2O2. The number of halogens is 1. The zero-order valence-corrected chi connectivity index (χ0v) is 8.74. The van der Waals surface area contributed by atoms with Gasteiger partial charge in [-0.05, 0) is 15.9 Å². The predicted octanol–water partition coefficient (Wildman–Crippen LogP) is 0.807. The third-order valence-electron chi connectivity index (χ3n) is 2.70. The van der Waals surface area contributed by atoms with Crippen molar-refractivity contribution in [3.8, 4) is 0 Å². The van der Waals surface area contributed by atoms with E-state index in [1.807, 2.05) is 11.7 Å². The molecule has 2 aliphatic rings. The van der Waals surface area contributed by atoms with Crippen LogP contribution in [0, 0.1) is 0 Å². The summed E-state index contributed by atoms with van der Waals surface area (Å²) in [5.74, 6) is 0. The number of nitrogens with zero attached hydrogens (tertiary/aromatic N) is 2. The molecule has 0 spiro atoms. The topological polar surface area (TPSA) is 39.6 Å². The summed E-state index contributed by atoms with van der Waals surface area (Å²) < 4.78 is 13.8. The Morgan fingerprint density at radius 1 is 1.77 bits per heavy atom. The van der Waals surface area contributed by atoms with E-state index in [2.05, 4.69) is 21.0 Å². The number of aromatic nitrogens is 2. The second kappa shape index (κ2) is 2.34. The van der Waals surface area contributed by atoms with Gasteiger partial charge >= 0.3 is 0 Å². The Balaban J connectivity index is 2.09. The standard InChI is InChI=1S/C8H9BrN2O2/c1-11-7(5(9)2-10-11)8-4-12-3-6(8)13-8/h2,6H,3-4H2,1H3/t6-,8+/m0/s1. The molecule has 3 rings (SSSR count). The van der Waals surface area contributed by atoms with Gasteiger partial charge in [0.05, 0.1) is 29.6 Å². The summed E-state index contributed by atoms with van der Waals surface area (Å²) in [6.07, 6.45) is 2.03. The van der Waals surface area contributed by atoms with Gasteiger partial charge in [0, 0.05) is 7.05 Å². The molecule has 5 heteroatoms. The highest BCUT2D eigenvalue weighted by Gasteiger charge is 2.64. The first kappa shape index (κ1) is 7.96. The van der Waals surface area contributed by atoms with Crippen molar-refractivity contribution < 1.29 is 9.47 Å². The van der Waals surface area contributed by atoms with Gasteiger partial charge in [0.1, 0.15) is 6.10 Å². The number of epoxide rings is 1. The summed E-state index contributed by atoms with van der Waals surface area (Å²) in [5.41, 5.74) is 0.888. The average molecular weight is 245 g/mol. The lowest BCUT2D eigenvalue weighted by atomic mass is 10.1. The first-order valence-electron chi connectivity index (χ1n) is 4.17. The molecule has 0 unspecified atom stereocenters. The summed E-state index contributed by atoms with van der Waals surface area (Å²) in [6, 6.07) is 0. The van der Waals surface area contributed by atoms with Crippen LogP contribution in [-0.4, -0.2) is 29.1 Å². The highest BCUT2D eigenvalue weighted by atomic mass is 79.9. The van der Waals surface area contributed by atoms with Crippen molar-refractivity contribution in [2.45, 2.75) is 11.7 Å². The van der Waals surface area contributed by atoms with E-state index in [1.165, 1.54) is 0 Å². The molecule has 0 N–H and O–H groups in total. The molecule has 0 aliphatic carbocycles. The van der Waals surface area contributed by atoms with Gasteiger partial charge in [0.25, 0.3) is 0 Å². The smallest absolute Gasteiger partial charge is 0.163 e. The van der Waals surface area contributed by atoms with Gasteiger partial charge < -0.3 is 9.47 Å². The molecule has 2 fully saturated rings. The van der Waals surface area contributed by atoms with Crippen LogP contribution >= 0.6 is 15.9 Å². The number of fused-ring (bicyclic) bond motifs is 1. The Bertz CT molecular complexity index is 346. The number of rotatable bonds is 1. The molecule has 70 valence electrons. The highest BCUT2D eigenvalue weighted by molar-refractivity contribution is 9.10. The molecule has 0 radical (unpaired) electrons. The van der Waals surface area contributed by atoms with Crippen LogP contribution in [0.25, 0.3) is 0 Å². The molecule has 0 amide bonds. The van der Waals surface area contributed by atoms with Crippen LogP contribution in [0.4, 0.5) is 0 Å². The second-order valence-corrected chi connectivity index (χ2v) is 4.33. The molecule has 1 aromatic heterocycles. The van der Waals surface area contributed by atoms with Crippen LogP contribution in [0.5, 0.6) is 0 Å². The summed E-state index contributed by atoms with van der Waals surface area (Å²) in [7, 11) is 1.92. The van der Waals surface area contributed by atoms with Gasteiger partial charge in [0.15, 0.2) is 5.60 Å². The molecule has 2 atom stereocenters. The van der Waals surface area contributed by atoms with E-state index in [0.717, 1.165) is 10.2 Å². The van der Waals surface area contributed by atoms with Gasteiger partial charge in [-0.2, -0.15) is 5.10 Å². The first-order chi connectivity index (χ1) is 6.24. The van der Waals surface area contributed by atoms with E-state index >= 15 is 0 Å². The summed E-state index contributed by atoms with van der Waals surface area (Å²) >= 11 is 3.47. The maximum atomic E-state index is 5.63. The van der Waals surface area contributed by atoms with Crippen LogP contribution in [-0.2, 0) is 22.1 Å². The highest BCUT2D eigenvalue weighted by Crippen LogP contribution is 2.52. The van der Waals surface area contributed by atoms with Crippen LogP contribution in [0.3, 0.4) is 0 Å². The van der Waals surface area contributed by atoms with Crippen LogP contribution in [0.1, 0.15) is 5.69 Å². The van der Waals surface area contributed by atoms with E-state index in [1.54, 1.807) is 6.20 Å². The lowest BCUT2D eigenvalue weighted by molar-refractivity contribution is 0.0662. The van der Waals surface area contributed by atoms with E-state index in [4.69, 9.17) is 9.47 Å². The van der Waals surface area contributed by atoms with E-state index < -0.39 is 0 Å². The van der Waals surface area contributed by atoms with Gasteiger partial charge in [-0.15, -0.1) is 0 Å². The molecular weight excluding hydrogens is 236 g/mol. The van der Waals surface area contributed by atoms with E-state index in [-0.39, 0.29) is 11.7 Å². The van der Waals surface area contributed by atoms with Crippen molar-refractivity contribution in [2.75, 3.05) is 13.2 Å². The van der Waals surface area contributed by atoms with Crippen molar-refractivity contribution in [1.82, 2.24) is 9.78 Å². The number of ether oxygens (including phenoxy) is 2. The normalized spacial score (nSPS) is 36.3. The van der Waals surface area contributed by atoms with Gasteiger partial charge in [-0.1, -0.05) is 0 Å². The summed E-state index contributed by atoms with van der Waals surface area (Å²) in [4.78, 5) is 0. The van der Waals surface area contributed by atoms with E-state index in [9.17, 15) is 0 Å². The summed E-state index contributed by atoms with van der Waals surface area (Å²) in [6.45, 7) is 1.35. The number of aryl methyl sites for hydroxylation is 1. The number of hydrogen-bond acceptors (Lipinski definition) is 3. The monoisotopic (exact) mass is 244 g/mol. The van der Waals surface area contributed by atoms with Crippen LogP contribution < -0.4 is 0 Å². The lowest BCUT2D eigenvalue weighted by Gasteiger charge is -2.08. The maximum Gasteiger partial charge on any atom is 0.163 e. The fraction of sp³-hybridized carbons (Fsp3) is 0.625. The SMILES string of the molecule is Cn1ncc(Br)c1[C@@]12COC[C@@H]1O2. The maximum absolute atomic E-state index is 5.63. The zero-order chi connectivity index (χ0) is 9.05. The molecule has 0 saturated carbocycles. The second-order valence-electron chi connectivity index (χ2n) is 3.48. The van der Waals surface area contributed by atoms with Crippen molar-refractivity contribution in [3.05, 3.63) is 16.4 Å². The van der Waals surface area contributed by atoms with Gasteiger partial charge in [-0.25, -0.2) is 0 Å². The van der Waals surface area contributed by atoms with Crippen molar-refractivity contribution in [2.24, 2.45) is 7.05 Å². The minimum Gasteiger partial charge on any atom is -0.375 e. The predicted molar refractivity (Wildman–Crippen MR) is 48.3 cm³/mol. The van der Waals surface area contributed by atoms with Gasteiger partial charge in [-0.3, -0.25) is 4.68 Å². The van der Waals surface area contributed by atoms with Crippen molar-refractivity contribution >= 4 is 15.9 Å². The molecule has 4 nitrogen and oxygen atoms in total. The molecule has 2 saturated heterocycles. The van der Waals surface area contributed by atoms with Crippen LogP contribution in [0.2, 0.25) is 0 Å². The number of hydrogen-bond donors (Lipinski definition) is 0. The minimum atomic E-state index is -0.204. The Morgan fingerprint density at radius 3 is 3.08 bits per heavy atom.